The molecular formula is C16H23F4N. The van der Waals surface area contributed by atoms with Gasteiger partial charge in [-0.25, -0.2) is 4.39 Å². The molecule has 0 saturated heterocycles. The van der Waals surface area contributed by atoms with Crippen LogP contribution in [0.4, 0.5) is 17.6 Å². The maximum Gasteiger partial charge on any atom is 0.419 e. The van der Waals surface area contributed by atoms with Crippen molar-refractivity contribution >= 4 is 0 Å². The fraction of sp³-hybridized carbons (Fsp3) is 0.625. The highest BCUT2D eigenvalue weighted by Crippen LogP contribution is 2.33. The Bertz CT molecular complexity index is 429. The lowest BCUT2D eigenvalue weighted by atomic mass is 9.98. The molecule has 1 aromatic carbocycles. The van der Waals surface area contributed by atoms with Gasteiger partial charge in [-0.05, 0) is 31.2 Å². The van der Waals surface area contributed by atoms with Gasteiger partial charge < -0.3 is 5.32 Å². The summed E-state index contributed by atoms with van der Waals surface area (Å²) < 4.78 is 51.2. The molecule has 1 unspecified atom stereocenters. The minimum absolute atomic E-state index is 0.108. The highest BCUT2D eigenvalue weighted by molar-refractivity contribution is 5.28. The molecular weight excluding hydrogens is 282 g/mol. The van der Waals surface area contributed by atoms with E-state index in [-0.39, 0.29) is 6.04 Å². The van der Waals surface area contributed by atoms with E-state index in [0.29, 0.717) is 5.56 Å². The topological polar surface area (TPSA) is 12.0 Å². The summed E-state index contributed by atoms with van der Waals surface area (Å²) in [6.45, 7) is 2.14. The molecule has 0 aromatic heterocycles. The third-order valence-corrected chi connectivity index (χ3v) is 3.65. The first-order chi connectivity index (χ1) is 9.90. The number of rotatable bonds is 8. The monoisotopic (exact) mass is 305 g/mol. The number of nitrogens with one attached hydrogen (secondary N) is 1. The Morgan fingerprint density at radius 1 is 1.10 bits per heavy atom. The lowest BCUT2D eigenvalue weighted by Crippen LogP contribution is -2.17. The number of alkyl halides is 3. The summed E-state index contributed by atoms with van der Waals surface area (Å²) in [5, 5.41) is 3.05. The Morgan fingerprint density at radius 3 is 2.29 bits per heavy atom. The standard InChI is InChI=1S/C16H23F4N/c1-3-4-5-6-7-8-15(21-2)12-9-10-13(14(17)11-12)16(18,19)20/h9-11,15,21H,3-8H2,1-2H3. The summed E-state index contributed by atoms with van der Waals surface area (Å²) in [6, 6.07) is 3.07. The second kappa shape index (κ2) is 8.37. The van der Waals surface area contributed by atoms with Crippen LogP contribution in [-0.4, -0.2) is 7.05 Å². The average molecular weight is 305 g/mol. The molecule has 0 saturated carbocycles. The second-order valence-electron chi connectivity index (χ2n) is 5.28. The number of hydrogen-bond acceptors (Lipinski definition) is 1. The largest absolute Gasteiger partial charge is 0.419 e. The Hall–Kier alpha value is -1.10. The van der Waals surface area contributed by atoms with Gasteiger partial charge in [0.1, 0.15) is 5.82 Å². The van der Waals surface area contributed by atoms with Crippen LogP contribution in [-0.2, 0) is 6.18 Å². The Balaban J connectivity index is 2.67. The third kappa shape index (κ3) is 5.65. The smallest absolute Gasteiger partial charge is 0.313 e. The molecule has 0 aliphatic carbocycles. The number of benzene rings is 1. The second-order valence-corrected chi connectivity index (χ2v) is 5.28. The van der Waals surface area contributed by atoms with Crippen LogP contribution in [0.5, 0.6) is 0 Å². The SMILES string of the molecule is CCCCCCCC(NC)c1ccc(C(F)(F)F)c(F)c1. The molecule has 0 spiro atoms. The Morgan fingerprint density at radius 2 is 1.76 bits per heavy atom. The molecule has 0 aliphatic rings. The van der Waals surface area contributed by atoms with Crippen molar-refractivity contribution in [2.75, 3.05) is 7.05 Å². The molecule has 0 bridgehead atoms. The lowest BCUT2D eigenvalue weighted by Gasteiger charge is -2.18. The van der Waals surface area contributed by atoms with Crippen molar-refractivity contribution in [2.24, 2.45) is 0 Å². The molecule has 120 valence electrons. The molecule has 1 nitrogen and oxygen atoms in total. The molecule has 1 rings (SSSR count). The fourth-order valence-electron chi connectivity index (χ4n) is 2.41. The van der Waals surface area contributed by atoms with Crippen LogP contribution in [0.3, 0.4) is 0 Å². The van der Waals surface area contributed by atoms with Crippen molar-refractivity contribution in [1.82, 2.24) is 5.32 Å². The molecule has 21 heavy (non-hydrogen) atoms. The van der Waals surface area contributed by atoms with Crippen molar-refractivity contribution in [3.8, 4) is 0 Å². The van der Waals surface area contributed by atoms with Crippen molar-refractivity contribution in [3.05, 3.63) is 35.1 Å². The minimum atomic E-state index is -4.64. The molecule has 0 amide bonds. The Labute approximate surface area is 123 Å². The van der Waals surface area contributed by atoms with Crippen LogP contribution in [0, 0.1) is 5.82 Å². The third-order valence-electron chi connectivity index (χ3n) is 3.65. The summed E-state index contributed by atoms with van der Waals surface area (Å²) in [6.07, 6.45) is 1.75. The van der Waals surface area contributed by atoms with E-state index < -0.39 is 17.6 Å². The summed E-state index contributed by atoms with van der Waals surface area (Å²) in [5.74, 6) is -1.20. The quantitative estimate of drug-likeness (QED) is 0.496. The molecule has 1 N–H and O–H groups in total. The Kier molecular flexibility index (Phi) is 7.15. The van der Waals surface area contributed by atoms with Gasteiger partial charge in [-0.3, -0.25) is 0 Å². The first kappa shape index (κ1) is 18.0. The van der Waals surface area contributed by atoms with E-state index in [1.807, 2.05) is 0 Å². The highest BCUT2D eigenvalue weighted by atomic mass is 19.4. The predicted molar refractivity (Wildman–Crippen MR) is 76.6 cm³/mol. The van der Waals surface area contributed by atoms with E-state index in [1.54, 1.807) is 7.05 Å². The van der Waals surface area contributed by atoms with E-state index >= 15 is 0 Å². The minimum Gasteiger partial charge on any atom is -0.313 e. The van der Waals surface area contributed by atoms with Crippen LogP contribution in [0.25, 0.3) is 0 Å². The van der Waals surface area contributed by atoms with Gasteiger partial charge in [0.15, 0.2) is 0 Å². The van der Waals surface area contributed by atoms with Gasteiger partial charge in [-0.15, -0.1) is 0 Å². The molecule has 0 aliphatic heterocycles. The average Bonchev–Trinajstić information content (AvgIpc) is 2.41. The maximum atomic E-state index is 13.6. The van der Waals surface area contributed by atoms with Crippen LogP contribution >= 0.6 is 0 Å². The number of halogens is 4. The molecule has 5 heteroatoms. The zero-order valence-electron chi connectivity index (χ0n) is 12.6. The lowest BCUT2D eigenvalue weighted by molar-refractivity contribution is -0.140. The predicted octanol–water partition coefficient (Wildman–Crippen LogP) is 5.47. The van der Waals surface area contributed by atoms with Gasteiger partial charge in [-0.2, -0.15) is 13.2 Å². The van der Waals surface area contributed by atoms with Gasteiger partial charge in [0.05, 0.1) is 5.56 Å². The first-order valence-corrected chi connectivity index (χ1v) is 7.44. The van der Waals surface area contributed by atoms with E-state index in [9.17, 15) is 17.6 Å². The molecule has 0 radical (unpaired) electrons. The summed E-state index contributed by atoms with van der Waals surface area (Å²) in [4.78, 5) is 0. The number of hydrogen-bond donors (Lipinski definition) is 1. The molecule has 0 heterocycles. The van der Waals surface area contributed by atoms with Crippen molar-refractivity contribution in [3.63, 3.8) is 0 Å². The molecule has 0 fully saturated rings. The van der Waals surface area contributed by atoms with Crippen LogP contribution < -0.4 is 5.32 Å². The van der Waals surface area contributed by atoms with Crippen molar-refractivity contribution in [2.45, 2.75) is 57.7 Å². The number of unbranched alkanes of at least 4 members (excludes halogenated alkanes) is 4. The summed E-state index contributed by atoms with van der Waals surface area (Å²) >= 11 is 0. The van der Waals surface area contributed by atoms with Gasteiger partial charge in [-0.1, -0.05) is 45.1 Å². The van der Waals surface area contributed by atoms with E-state index in [2.05, 4.69) is 12.2 Å². The van der Waals surface area contributed by atoms with Crippen LogP contribution in [0.2, 0.25) is 0 Å². The maximum absolute atomic E-state index is 13.6. The zero-order chi connectivity index (χ0) is 15.9. The summed E-state index contributed by atoms with van der Waals surface area (Å²) in [5.41, 5.74) is -0.637. The molecule has 1 atom stereocenters. The van der Waals surface area contributed by atoms with Crippen LogP contribution in [0.1, 0.15) is 62.6 Å². The zero-order valence-corrected chi connectivity index (χ0v) is 12.6. The van der Waals surface area contributed by atoms with Gasteiger partial charge in [0.25, 0.3) is 0 Å². The highest BCUT2D eigenvalue weighted by Gasteiger charge is 2.34. The van der Waals surface area contributed by atoms with Crippen molar-refractivity contribution in [1.29, 1.82) is 0 Å². The normalized spacial score (nSPS) is 13.4. The summed E-state index contributed by atoms with van der Waals surface area (Å²) in [7, 11) is 1.74. The van der Waals surface area contributed by atoms with E-state index in [0.717, 1.165) is 37.8 Å². The van der Waals surface area contributed by atoms with Crippen LogP contribution in [0.15, 0.2) is 18.2 Å². The van der Waals surface area contributed by atoms with E-state index in [4.69, 9.17) is 0 Å². The fourth-order valence-corrected chi connectivity index (χ4v) is 2.41. The van der Waals surface area contributed by atoms with Gasteiger partial charge in [0.2, 0.25) is 0 Å². The van der Waals surface area contributed by atoms with Crippen molar-refractivity contribution < 1.29 is 17.6 Å². The first-order valence-electron chi connectivity index (χ1n) is 7.44. The van der Waals surface area contributed by atoms with Gasteiger partial charge >= 0.3 is 6.18 Å². The molecule has 1 aromatic rings. The van der Waals surface area contributed by atoms with Gasteiger partial charge in [0, 0.05) is 6.04 Å². The van der Waals surface area contributed by atoms with E-state index in [1.165, 1.54) is 18.9 Å².